The largest absolute Gasteiger partial charge is 0.469 e. The molecule has 0 aliphatic carbocycles. The van der Waals surface area contributed by atoms with Crippen LogP contribution in [0, 0.1) is 0 Å². The van der Waals surface area contributed by atoms with Crippen LogP contribution in [-0.4, -0.2) is 28.4 Å². The molecule has 0 radical (unpaired) electrons. The average molecular weight is 170 g/mol. The van der Waals surface area contributed by atoms with Crippen LogP contribution in [0.25, 0.3) is 0 Å². The van der Waals surface area contributed by atoms with Crippen LogP contribution >= 0.6 is 0 Å². The maximum atomic E-state index is 10.7. The molecule has 1 aromatic rings. The van der Waals surface area contributed by atoms with E-state index < -0.39 is 12.1 Å². The fraction of sp³-hybridized carbons (Fsp3) is 0.429. The van der Waals surface area contributed by atoms with Crippen molar-refractivity contribution in [1.29, 1.82) is 0 Å². The highest BCUT2D eigenvalue weighted by molar-refractivity contribution is 5.69. The Morgan fingerprint density at radius 1 is 1.92 bits per heavy atom. The molecule has 66 valence electrons. The Morgan fingerprint density at radius 3 is 3.17 bits per heavy atom. The molecule has 0 saturated heterocycles. The monoisotopic (exact) mass is 170 g/mol. The molecular formula is C7H10N2O3. The second-order valence-corrected chi connectivity index (χ2v) is 2.33. The summed E-state index contributed by atoms with van der Waals surface area (Å²) in [6.07, 6.45) is 2.12. The number of esters is 1. The van der Waals surface area contributed by atoms with Gasteiger partial charge in [0.25, 0.3) is 0 Å². The predicted octanol–water partition coefficient (Wildman–Crippen LogP) is 0.00620. The molecule has 5 nitrogen and oxygen atoms in total. The van der Waals surface area contributed by atoms with E-state index in [4.69, 9.17) is 0 Å². The molecule has 0 aromatic carbocycles. The molecule has 1 aromatic heterocycles. The number of carbonyl (C=O) groups excluding carboxylic acids is 1. The Hall–Kier alpha value is -1.36. The number of hydrogen-bond acceptors (Lipinski definition) is 4. The summed E-state index contributed by atoms with van der Waals surface area (Å²) in [5.41, 5.74) is 0.584. The lowest BCUT2D eigenvalue weighted by molar-refractivity contribution is -0.142. The number of nitrogens with one attached hydrogen (secondary N) is 1. The van der Waals surface area contributed by atoms with E-state index in [9.17, 15) is 9.90 Å². The zero-order valence-electron chi connectivity index (χ0n) is 6.65. The summed E-state index contributed by atoms with van der Waals surface area (Å²) in [4.78, 5) is 10.7. The van der Waals surface area contributed by atoms with E-state index in [1.165, 1.54) is 19.5 Å². The Bertz CT molecular complexity index is 245. The van der Waals surface area contributed by atoms with E-state index >= 15 is 0 Å². The number of aliphatic hydroxyl groups excluding tert-OH is 1. The number of aromatic nitrogens is 2. The van der Waals surface area contributed by atoms with Gasteiger partial charge in [0.2, 0.25) is 0 Å². The summed E-state index contributed by atoms with van der Waals surface area (Å²) in [6, 6.07) is 0. The second kappa shape index (κ2) is 3.87. The van der Waals surface area contributed by atoms with Crippen molar-refractivity contribution in [2.75, 3.05) is 7.11 Å². The molecule has 0 bridgehead atoms. The van der Waals surface area contributed by atoms with Gasteiger partial charge in [0, 0.05) is 11.8 Å². The van der Waals surface area contributed by atoms with Crippen LogP contribution in [0.3, 0.4) is 0 Å². The molecule has 0 spiro atoms. The summed E-state index contributed by atoms with van der Waals surface area (Å²) < 4.78 is 4.39. The first kappa shape index (κ1) is 8.73. The van der Waals surface area contributed by atoms with E-state index in [0.717, 1.165) is 0 Å². The van der Waals surface area contributed by atoms with E-state index in [0.29, 0.717) is 5.56 Å². The van der Waals surface area contributed by atoms with Gasteiger partial charge in [-0.05, 0) is 0 Å². The molecule has 0 fully saturated rings. The molecule has 5 heteroatoms. The van der Waals surface area contributed by atoms with E-state index in [-0.39, 0.29) is 6.42 Å². The van der Waals surface area contributed by atoms with Crippen LogP contribution in [-0.2, 0) is 9.53 Å². The highest BCUT2D eigenvalue weighted by atomic mass is 16.5. The zero-order chi connectivity index (χ0) is 8.97. The summed E-state index contributed by atoms with van der Waals surface area (Å²) in [5, 5.41) is 15.5. The SMILES string of the molecule is COC(=O)CC(O)c1cn[nH]c1. The molecule has 1 rings (SSSR count). The third kappa shape index (κ3) is 2.06. The van der Waals surface area contributed by atoms with Gasteiger partial charge in [-0.3, -0.25) is 9.89 Å². The second-order valence-electron chi connectivity index (χ2n) is 2.33. The highest BCUT2D eigenvalue weighted by Crippen LogP contribution is 2.14. The average Bonchev–Trinajstić information content (AvgIpc) is 2.56. The quantitative estimate of drug-likeness (QED) is 0.626. The number of hydrogen-bond donors (Lipinski definition) is 2. The van der Waals surface area contributed by atoms with Crippen molar-refractivity contribution in [3.63, 3.8) is 0 Å². The summed E-state index contributed by atoms with van der Waals surface area (Å²) in [5.74, 6) is -0.441. The van der Waals surface area contributed by atoms with E-state index in [2.05, 4.69) is 14.9 Å². The first-order valence-electron chi connectivity index (χ1n) is 3.47. The van der Waals surface area contributed by atoms with E-state index in [1.807, 2.05) is 0 Å². The van der Waals surface area contributed by atoms with Gasteiger partial charge in [0.15, 0.2) is 0 Å². The number of nitrogens with zero attached hydrogens (tertiary/aromatic N) is 1. The smallest absolute Gasteiger partial charge is 0.308 e. The molecule has 1 unspecified atom stereocenters. The maximum Gasteiger partial charge on any atom is 0.308 e. The summed E-state index contributed by atoms with van der Waals surface area (Å²) in [6.45, 7) is 0. The number of carbonyl (C=O) groups is 1. The minimum atomic E-state index is -0.837. The topological polar surface area (TPSA) is 75.2 Å². The van der Waals surface area contributed by atoms with Gasteiger partial charge in [0.05, 0.1) is 25.8 Å². The lowest BCUT2D eigenvalue weighted by atomic mass is 10.1. The molecule has 1 heterocycles. The van der Waals surface area contributed by atoms with Crippen molar-refractivity contribution in [1.82, 2.24) is 10.2 Å². The molecular weight excluding hydrogens is 160 g/mol. The highest BCUT2D eigenvalue weighted by Gasteiger charge is 2.13. The summed E-state index contributed by atoms with van der Waals surface area (Å²) in [7, 11) is 1.28. The number of methoxy groups -OCH3 is 1. The molecule has 2 N–H and O–H groups in total. The molecule has 0 amide bonds. The number of rotatable bonds is 3. The Kier molecular flexibility index (Phi) is 2.82. The van der Waals surface area contributed by atoms with Crippen LogP contribution in [0.1, 0.15) is 18.1 Å². The molecule has 12 heavy (non-hydrogen) atoms. The fourth-order valence-corrected chi connectivity index (χ4v) is 0.802. The first-order valence-corrected chi connectivity index (χ1v) is 3.47. The Labute approximate surface area is 69.4 Å². The molecule has 1 atom stereocenters. The zero-order valence-corrected chi connectivity index (χ0v) is 6.65. The Morgan fingerprint density at radius 2 is 2.67 bits per heavy atom. The van der Waals surface area contributed by atoms with Crippen LogP contribution in [0.15, 0.2) is 12.4 Å². The number of ether oxygens (including phenoxy) is 1. The van der Waals surface area contributed by atoms with Gasteiger partial charge in [-0.2, -0.15) is 5.10 Å². The number of H-pyrrole nitrogens is 1. The van der Waals surface area contributed by atoms with Crippen molar-refractivity contribution < 1.29 is 14.6 Å². The van der Waals surface area contributed by atoms with E-state index in [1.54, 1.807) is 0 Å². The van der Waals surface area contributed by atoms with Crippen molar-refractivity contribution in [3.05, 3.63) is 18.0 Å². The molecule has 0 aliphatic rings. The fourth-order valence-electron chi connectivity index (χ4n) is 0.802. The van der Waals surface area contributed by atoms with Crippen molar-refractivity contribution in [2.45, 2.75) is 12.5 Å². The Balaban J connectivity index is 2.49. The van der Waals surface area contributed by atoms with Crippen LogP contribution < -0.4 is 0 Å². The van der Waals surface area contributed by atoms with Crippen molar-refractivity contribution >= 4 is 5.97 Å². The third-order valence-corrected chi connectivity index (χ3v) is 1.49. The minimum Gasteiger partial charge on any atom is -0.469 e. The van der Waals surface area contributed by atoms with Crippen molar-refractivity contribution in [2.24, 2.45) is 0 Å². The first-order chi connectivity index (χ1) is 5.74. The summed E-state index contributed by atoms with van der Waals surface area (Å²) >= 11 is 0. The van der Waals surface area contributed by atoms with Gasteiger partial charge < -0.3 is 9.84 Å². The lowest BCUT2D eigenvalue weighted by Crippen LogP contribution is -2.07. The van der Waals surface area contributed by atoms with Gasteiger partial charge in [-0.15, -0.1) is 0 Å². The predicted molar refractivity (Wildman–Crippen MR) is 40.2 cm³/mol. The molecule has 0 aliphatic heterocycles. The van der Waals surface area contributed by atoms with Crippen LogP contribution in [0.5, 0.6) is 0 Å². The van der Waals surface area contributed by atoms with Crippen molar-refractivity contribution in [3.8, 4) is 0 Å². The van der Waals surface area contributed by atoms with Crippen LogP contribution in [0.2, 0.25) is 0 Å². The lowest BCUT2D eigenvalue weighted by Gasteiger charge is -2.04. The van der Waals surface area contributed by atoms with Gasteiger partial charge in [-0.1, -0.05) is 0 Å². The normalized spacial score (nSPS) is 12.5. The van der Waals surface area contributed by atoms with Gasteiger partial charge >= 0.3 is 5.97 Å². The molecule has 0 saturated carbocycles. The maximum absolute atomic E-state index is 10.7. The number of aromatic amines is 1. The third-order valence-electron chi connectivity index (χ3n) is 1.49. The standard InChI is InChI=1S/C7H10N2O3/c1-12-7(11)2-6(10)5-3-8-9-4-5/h3-4,6,10H,2H2,1H3,(H,8,9). The van der Waals surface area contributed by atoms with Gasteiger partial charge in [0.1, 0.15) is 0 Å². The van der Waals surface area contributed by atoms with Gasteiger partial charge in [-0.25, -0.2) is 0 Å². The van der Waals surface area contributed by atoms with Crippen LogP contribution in [0.4, 0.5) is 0 Å². The minimum absolute atomic E-state index is 0.0456. The number of aliphatic hydroxyl groups is 1.